The second kappa shape index (κ2) is 6.55. The molecule has 0 aliphatic heterocycles. The lowest BCUT2D eigenvalue weighted by molar-refractivity contribution is -0.274. The summed E-state index contributed by atoms with van der Waals surface area (Å²) < 4.78 is 75.6. The van der Waals surface area contributed by atoms with Gasteiger partial charge in [-0.05, 0) is 6.07 Å². The van der Waals surface area contributed by atoms with Gasteiger partial charge in [0, 0.05) is 12.1 Å². The minimum atomic E-state index is -4.91. The van der Waals surface area contributed by atoms with Gasteiger partial charge in [-0.15, -0.1) is 13.2 Å². The lowest BCUT2D eigenvalue weighted by atomic mass is 10.2. The summed E-state index contributed by atoms with van der Waals surface area (Å²) in [7, 11) is 0. The number of halogens is 6. The summed E-state index contributed by atoms with van der Waals surface area (Å²) in [5, 5.41) is 3.52. The maximum Gasteiger partial charge on any atom is 0.573 e. The van der Waals surface area contributed by atoms with Crippen molar-refractivity contribution in [3.8, 4) is 5.75 Å². The van der Waals surface area contributed by atoms with Crippen LogP contribution in [0.5, 0.6) is 5.75 Å². The van der Waals surface area contributed by atoms with Crippen molar-refractivity contribution in [2.24, 2.45) is 0 Å². The van der Waals surface area contributed by atoms with Crippen LogP contribution in [0.2, 0.25) is 0 Å². The molecule has 0 atom stereocenters. The number of urea groups is 1. The van der Waals surface area contributed by atoms with Crippen LogP contribution in [-0.2, 0) is 6.54 Å². The summed E-state index contributed by atoms with van der Waals surface area (Å²) in [6.45, 7) is -1.96. The molecular weight excluding hydrogens is 306 g/mol. The van der Waals surface area contributed by atoms with Gasteiger partial charge in [0.25, 0.3) is 0 Å². The van der Waals surface area contributed by atoms with Crippen molar-refractivity contribution in [3.63, 3.8) is 0 Å². The third kappa shape index (κ3) is 7.28. The predicted molar refractivity (Wildman–Crippen MR) is 59.4 cm³/mol. The minimum absolute atomic E-state index is 0.0306. The number of alkyl halides is 6. The second-order valence-corrected chi connectivity index (χ2v) is 3.81. The topological polar surface area (TPSA) is 50.4 Å². The average Bonchev–Trinajstić information content (AvgIpc) is 2.32. The molecule has 2 amide bonds. The number of hydrogen-bond acceptors (Lipinski definition) is 2. The maximum absolute atomic E-state index is 12.1. The molecule has 1 rings (SSSR count). The highest BCUT2D eigenvalue weighted by Crippen LogP contribution is 2.26. The van der Waals surface area contributed by atoms with Crippen LogP contribution in [0, 0.1) is 0 Å². The molecule has 0 spiro atoms. The van der Waals surface area contributed by atoms with E-state index in [2.05, 4.69) is 4.74 Å². The molecule has 0 aromatic heterocycles. The zero-order valence-corrected chi connectivity index (χ0v) is 10.3. The molecule has 0 aliphatic rings. The normalized spacial score (nSPS) is 11.9. The maximum atomic E-state index is 12.1. The van der Waals surface area contributed by atoms with E-state index in [-0.39, 0.29) is 5.56 Å². The van der Waals surface area contributed by atoms with Gasteiger partial charge in [-0.1, -0.05) is 18.2 Å². The molecule has 1 aromatic rings. The van der Waals surface area contributed by atoms with E-state index in [0.717, 1.165) is 6.07 Å². The van der Waals surface area contributed by atoms with Gasteiger partial charge in [0.15, 0.2) is 0 Å². The zero-order valence-electron chi connectivity index (χ0n) is 10.3. The molecular formula is C11H10F6N2O2. The van der Waals surface area contributed by atoms with E-state index in [1.165, 1.54) is 23.5 Å². The number of rotatable bonds is 4. The number of amides is 2. The Bertz CT molecular complexity index is 486. The molecule has 0 heterocycles. The second-order valence-electron chi connectivity index (χ2n) is 3.81. The Kier molecular flexibility index (Phi) is 5.28. The summed E-state index contributed by atoms with van der Waals surface area (Å²) >= 11 is 0. The summed E-state index contributed by atoms with van der Waals surface area (Å²) in [6.07, 6.45) is -9.48. The Morgan fingerprint density at radius 2 is 1.67 bits per heavy atom. The van der Waals surface area contributed by atoms with E-state index in [1.54, 1.807) is 0 Å². The highest BCUT2D eigenvalue weighted by molar-refractivity contribution is 5.73. The Morgan fingerprint density at radius 3 is 2.24 bits per heavy atom. The van der Waals surface area contributed by atoms with E-state index in [9.17, 15) is 31.1 Å². The summed E-state index contributed by atoms with van der Waals surface area (Å²) in [5.74, 6) is -0.541. The van der Waals surface area contributed by atoms with Crippen molar-refractivity contribution in [1.29, 1.82) is 0 Å². The number of nitrogens with one attached hydrogen (secondary N) is 2. The fourth-order valence-corrected chi connectivity index (χ4v) is 1.29. The largest absolute Gasteiger partial charge is 0.573 e. The minimum Gasteiger partial charge on any atom is -0.405 e. The molecule has 0 aliphatic carbocycles. The smallest absolute Gasteiger partial charge is 0.405 e. The van der Waals surface area contributed by atoms with E-state index < -0.39 is 37.4 Å². The first-order valence-electron chi connectivity index (χ1n) is 5.49. The SMILES string of the molecule is O=C(NCc1ccccc1OC(F)(F)F)NCC(F)(F)F. The molecule has 0 unspecified atom stereocenters. The zero-order chi connectivity index (χ0) is 16.1. The molecule has 0 fully saturated rings. The molecule has 10 heteroatoms. The Labute approximate surface area is 115 Å². The van der Waals surface area contributed by atoms with Gasteiger partial charge in [-0.25, -0.2) is 4.79 Å². The van der Waals surface area contributed by atoms with Crippen LogP contribution in [-0.4, -0.2) is 25.1 Å². The number of benzene rings is 1. The van der Waals surface area contributed by atoms with Gasteiger partial charge < -0.3 is 15.4 Å². The molecule has 21 heavy (non-hydrogen) atoms. The van der Waals surface area contributed by atoms with Crippen molar-refractivity contribution in [2.45, 2.75) is 19.1 Å². The Morgan fingerprint density at radius 1 is 1.05 bits per heavy atom. The molecule has 0 radical (unpaired) electrons. The monoisotopic (exact) mass is 316 g/mol. The van der Waals surface area contributed by atoms with E-state index in [0.29, 0.717) is 0 Å². The van der Waals surface area contributed by atoms with E-state index >= 15 is 0 Å². The third-order valence-electron chi connectivity index (χ3n) is 2.09. The third-order valence-corrected chi connectivity index (χ3v) is 2.09. The van der Waals surface area contributed by atoms with Crippen molar-refractivity contribution < 1.29 is 35.9 Å². The van der Waals surface area contributed by atoms with Gasteiger partial charge in [0.05, 0.1) is 0 Å². The van der Waals surface area contributed by atoms with Crippen molar-refractivity contribution >= 4 is 6.03 Å². The van der Waals surface area contributed by atoms with Crippen LogP contribution in [0.25, 0.3) is 0 Å². The van der Waals surface area contributed by atoms with Gasteiger partial charge in [0.2, 0.25) is 0 Å². The molecule has 0 saturated carbocycles. The fourth-order valence-electron chi connectivity index (χ4n) is 1.29. The molecule has 118 valence electrons. The number of ether oxygens (including phenoxy) is 1. The first kappa shape index (κ1) is 16.9. The number of para-hydroxylation sites is 1. The fraction of sp³-hybridized carbons (Fsp3) is 0.364. The molecule has 0 saturated heterocycles. The lowest BCUT2D eigenvalue weighted by Gasteiger charge is -2.14. The molecule has 2 N–H and O–H groups in total. The van der Waals surface area contributed by atoms with Crippen LogP contribution < -0.4 is 15.4 Å². The first-order chi connectivity index (χ1) is 9.57. The highest BCUT2D eigenvalue weighted by Gasteiger charge is 2.32. The van der Waals surface area contributed by atoms with E-state index in [4.69, 9.17) is 0 Å². The summed E-state index contributed by atoms with van der Waals surface area (Å²) in [6, 6.07) is 3.79. The quantitative estimate of drug-likeness (QED) is 0.839. The van der Waals surface area contributed by atoms with Crippen LogP contribution in [0.1, 0.15) is 5.56 Å². The number of carbonyl (C=O) groups excluding carboxylic acids is 1. The highest BCUT2D eigenvalue weighted by atomic mass is 19.4. The van der Waals surface area contributed by atoms with Gasteiger partial charge in [-0.2, -0.15) is 13.2 Å². The number of carbonyl (C=O) groups is 1. The van der Waals surface area contributed by atoms with Gasteiger partial charge in [0.1, 0.15) is 12.3 Å². The molecule has 0 bridgehead atoms. The van der Waals surface area contributed by atoms with Crippen LogP contribution in [0.3, 0.4) is 0 Å². The van der Waals surface area contributed by atoms with Crippen molar-refractivity contribution in [3.05, 3.63) is 29.8 Å². The van der Waals surface area contributed by atoms with Gasteiger partial charge >= 0.3 is 18.6 Å². The van der Waals surface area contributed by atoms with E-state index in [1.807, 2.05) is 5.32 Å². The average molecular weight is 316 g/mol. The van der Waals surface area contributed by atoms with Crippen LogP contribution in [0.15, 0.2) is 24.3 Å². The summed E-state index contributed by atoms with van der Waals surface area (Å²) in [5.41, 5.74) is -0.0306. The van der Waals surface area contributed by atoms with Gasteiger partial charge in [-0.3, -0.25) is 0 Å². The predicted octanol–water partition coefficient (Wildman–Crippen LogP) is 2.95. The lowest BCUT2D eigenvalue weighted by Crippen LogP contribution is -2.40. The van der Waals surface area contributed by atoms with Crippen LogP contribution >= 0.6 is 0 Å². The van der Waals surface area contributed by atoms with Crippen molar-refractivity contribution in [1.82, 2.24) is 10.6 Å². The Balaban J connectivity index is 2.57. The van der Waals surface area contributed by atoms with Crippen molar-refractivity contribution in [2.75, 3.05) is 6.54 Å². The molecule has 4 nitrogen and oxygen atoms in total. The number of hydrogen-bond donors (Lipinski definition) is 2. The summed E-state index contributed by atoms with van der Waals surface area (Å²) in [4.78, 5) is 11.1. The Hall–Kier alpha value is -2.13. The molecule has 1 aromatic carbocycles. The standard InChI is InChI=1S/C11H10F6N2O2/c12-10(13,14)6-19-9(20)18-5-7-3-1-2-4-8(7)21-11(15,16)17/h1-4H,5-6H2,(H2,18,19,20). The first-order valence-corrected chi connectivity index (χ1v) is 5.49. The van der Waals surface area contributed by atoms with Crippen LogP contribution in [0.4, 0.5) is 31.1 Å².